The van der Waals surface area contributed by atoms with E-state index in [1.807, 2.05) is 24.3 Å². The Bertz CT molecular complexity index is 316. The van der Waals surface area contributed by atoms with Crippen LogP contribution in [-0.4, -0.2) is 12.2 Å². The van der Waals surface area contributed by atoms with E-state index >= 15 is 0 Å². The van der Waals surface area contributed by atoms with Gasteiger partial charge in [0.15, 0.2) is 0 Å². The summed E-state index contributed by atoms with van der Waals surface area (Å²) in [6.45, 7) is 5.38. The van der Waals surface area contributed by atoms with Crippen molar-refractivity contribution in [2.45, 2.75) is 18.9 Å². The summed E-state index contributed by atoms with van der Waals surface area (Å²) in [4.78, 5) is 0. The van der Waals surface area contributed by atoms with E-state index in [1.165, 1.54) is 0 Å². The fourth-order valence-electron chi connectivity index (χ4n) is 1.48. The number of hydrogen-bond donors (Lipinski definition) is 1. The minimum absolute atomic E-state index is 0.507. The third kappa shape index (κ3) is 2.15. The van der Waals surface area contributed by atoms with Gasteiger partial charge in [-0.2, -0.15) is 0 Å². The fraction of sp³-hybridized carbons (Fsp3) is 0.333. The number of hydrogen-bond acceptors (Lipinski definition) is 2. The summed E-state index contributed by atoms with van der Waals surface area (Å²) in [5, 5.41) is 10.1. The number of rotatable bonds is 4. The number of para-hydroxylation sites is 1. The first kappa shape index (κ1) is 10.8. The molecule has 1 unspecified atom stereocenters. The van der Waals surface area contributed by atoms with Gasteiger partial charge in [0.05, 0.1) is 12.7 Å². The van der Waals surface area contributed by atoms with Gasteiger partial charge < -0.3 is 9.84 Å². The molecule has 0 bridgehead atoms. The van der Waals surface area contributed by atoms with Crippen LogP contribution in [0.3, 0.4) is 0 Å². The number of benzene rings is 1. The second kappa shape index (κ2) is 4.29. The minimum atomic E-state index is -0.908. The first-order chi connectivity index (χ1) is 6.61. The van der Waals surface area contributed by atoms with E-state index in [2.05, 4.69) is 6.58 Å². The molecule has 1 rings (SSSR count). The van der Waals surface area contributed by atoms with Crippen LogP contribution in [0.15, 0.2) is 36.9 Å². The Morgan fingerprint density at radius 3 is 2.71 bits per heavy atom. The van der Waals surface area contributed by atoms with Crippen LogP contribution in [0, 0.1) is 0 Å². The van der Waals surface area contributed by atoms with E-state index in [1.54, 1.807) is 20.1 Å². The van der Waals surface area contributed by atoms with Crippen molar-refractivity contribution in [3.05, 3.63) is 42.5 Å². The van der Waals surface area contributed by atoms with Crippen LogP contribution in [0.4, 0.5) is 0 Å². The van der Waals surface area contributed by atoms with Crippen LogP contribution < -0.4 is 4.74 Å². The Morgan fingerprint density at radius 2 is 2.14 bits per heavy atom. The number of ether oxygens (including phenoxy) is 1. The number of aliphatic hydroxyl groups is 1. The third-order valence-electron chi connectivity index (χ3n) is 2.23. The molecule has 0 fully saturated rings. The molecule has 0 aromatic heterocycles. The highest BCUT2D eigenvalue weighted by Crippen LogP contribution is 2.32. The zero-order valence-electron chi connectivity index (χ0n) is 8.66. The van der Waals surface area contributed by atoms with E-state index in [0.29, 0.717) is 12.2 Å². The van der Waals surface area contributed by atoms with Gasteiger partial charge in [0.25, 0.3) is 0 Å². The van der Waals surface area contributed by atoms with Crippen LogP contribution in [0.25, 0.3) is 0 Å². The largest absolute Gasteiger partial charge is 0.496 e. The maximum Gasteiger partial charge on any atom is 0.124 e. The fourth-order valence-corrected chi connectivity index (χ4v) is 1.48. The zero-order valence-corrected chi connectivity index (χ0v) is 8.66. The third-order valence-corrected chi connectivity index (χ3v) is 2.23. The van der Waals surface area contributed by atoms with Crippen LogP contribution >= 0.6 is 0 Å². The van der Waals surface area contributed by atoms with Crippen molar-refractivity contribution in [2.24, 2.45) is 0 Å². The predicted octanol–water partition coefficient (Wildman–Crippen LogP) is 2.48. The molecule has 1 aromatic rings. The lowest BCUT2D eigenvalue weighted by molar-refractivity contribution is 0.0579. The summed E-state index contributed by atoms with van der Waals surface area (Å²) in [7, 11) is 1.60. The molecule has 0 aliphatic heterocycles. The van der Waals surface area contributed by atoms with Crippen molar-refractivity contribution in [3.8, 4) is 5.75 Å². The average molecular weight is 192 g/mol. The molecule has 2 heteroatoms. The minimum Gasteiger partial charge on any atom is -0.496 e. The van der Waals surface area contributed by atoms with Crippen molar-refractivity contribution in [2.75, 3.05) is 7.11 Å². The summed E-state index contributed by atoms with van der Waals surface area (Å²) in [6, 6.07) is 7.47. The Labute approximate surface area is 84.8 Å². The van der Waals surface area contributed by atoms with Crippen molar-refractivity contribution in [3.63, 3.8) is 0 Å². The van der Waals surface area contributed by atoms with Gasteiger partial charge in [-0.25, -0.2) is 0 Å². The van der Waals surface area contributed by atoms with E-state index in [-0.39, 0.29) is 0 Å². The van der Waals surface area contributed by atoms with E-state index in [0.717, 1.165) is 5.56 Å². The van der Waals surface area contributed by atoms with Gasteiger partial charge >= 0.3 is 0 Å². The normalized spacial score (nSPS) is 14.5. The van der Waals surface area contributed by atoms with Gasteiger partial charge in [-0.3, -0.25) is 0 Å². The molecule has 1 N–H and O–H groups in total. The maximum atomic E-state index is 10.1. The van der Waals surface area contributed by atoms with Crippen molar-refractivity contribution < 1.29 is 9.84 Å². The lowest BCUT2D eigenvalue weighted by Gasteiger charge is -2.24. The highest BCUT2D eigenvalue weighted by Gasteiger charge is 2.24. The van der Waals surface area contributed by atoms with Gasteiger partial charge in [-0.15, -0.1) is 6.58 Å². The molecule has 2 nitrogen and oxygen atoms in total. The summed E-state index contributed by atoms with van der Waals surface area (Å²) in [5.41, 5.74) is -0.114. The highest BCUT2D eigenvalue weighted by atomic mass is 16.5. The quantitative estimate of drug-likeness (QED) is 0.743. The Balaban J connectivity index is 3.09. The molecule has 0 aliphatic rings. The maximum absolute atomic E-state index is 10.1. The molecule has 14 heavy (non-hydrogen) atoms. The average Bonchev–Trinajstić information content (AvgIpc) is 2.18. The van der Waals surface area contributed by atoms with Crippen LogP contribution in [0.5, 0.6) is 5.75 Å². The Hall–Kier alpha value is -1.28. The van der Waals surface area contributed by atoms with Gasteiger partial charge in [-0.05, 0) is 19.4 Å². The predicted molar refractivity (Wildman–Crippen MR) is 57.4 cm³/mol. The molecule has 0 saturated heterocycles. The summed E-state index contributed by atoms with van der Waals surface area (Å²) < 4.78 is 5.18. The summed E-state index contributed by atoms with van der Waals surface area (Å²) >= 11 is 0. The topological polar surface area (TPSA) is 29.5 Å². The zero-order chi connectivity index (χ0) is 10.6. The van der Waals surface area contributed by atoms with Gasteiger partial charge in [0.2, 0.25) is 0 Å². The lowest BCUT2D eigenvalue weighted by Crippen LogP contribution is -2.20. The smallest absolute Gasteiger partial charge is 0.124 e. The monoisotopic (exact) mass is 192 g/mol. The Morgan fingerprint density at radius 1 is 1.50 bits per heavy atom. The molecule has 0 heterocycles. The molecule has 1 aromatic carbocycles. The second-order valence-corrected chi connectivity index (χ2v) is 3.47. The van der Waals surface area contributed by atoms with Crippen LogP contribution in [-0.2, 0) is 5.60 Å². The SMILES string of the molecule is C=CCC(C)(O)c1ccccc1OC. The summed E-state index contributed by atoms with van der Waals surface area (Å²) in [5.74, 6) is 0.708. The molecule has 0 saturated carbocycles. The van der Waals surface area contributed by atoms with Gasteiger partial charge in [0, 0.05) is 5.56 Å². The first-order valence-corrected chi connectivity index (χ1v) is 4.58. The van der Waals surface area contributed by atoms with Crippen LogP contribution in [0.2, 0.25) is 0 Å². The van der Waals surface area contributed by atoms with Gasteiger partial charge in [0.1, 0.15) is 5.75 Å². The lowest BCUT2D eigenvalue weighted by atomic mass is 9.92. The molecular formula is C12H16O2. The molecule has 0 aliphatic carbocycles. The Kier molecular flexibility index (Phi) is 3.31. The van der Waals surface area contributed by atoms with E-state index in [9.17, 15) is 5.11 Å². The van der Waals surface area contributed by atoms with Crippen molar-refractivity contribution in [1.82, 2.24) is 0 Å². The molecule has 76 valence electrons. The van der Waals surface area contributed by atoms with Gasteiger partial charge in [-0.1, -0.05) is 24.3 Å². The molecular weight excluding hydrogens is 176 g/mol. The molecule has 0 radical (unpaired) electrons. The summed E-state index contributed by atoms with van der Waals surface area (Å²) in [6.07, 6.45) is 2.21. The van der Waals surface area contributed by atoms with E-state index in [4.69, 9.17) is 4.74 Å². The van der Waals surface area contributed by atoms with E-state index < -0.39 is 5.60 Å². The standard InChI is InChI=1S/C12H16O2/c1-4-9-12(2,13)10-7-5-6-8-11(10)14-3/h4-8,13H,1,9H2,2-3H3. The van der Waals surface area contributed by atoms with Crippen molar-refractivity contribution >= 4 is 0 Å². The molecule has 1 atom stereocenters. The second-order valence-electron chi connectivity index (χ2n) is 3.47. The first-order valence-electron chi connectivity index (χ1n) is 4.58. The highest BCUT2D eigenvalue weighted by molar-refractivity contribution is 5.37. The van der Waals surface area contributed by atoms with Crippen LogP contribution in [0.1, 0.15) is 18.9 Å². The molecule has 0 amide bonds. The molecule has 0 spiro atoms. The van der Waals surface area contributed by atoms with Crippen molar-refractivity contribution in [1.29, 1.82) is 0 Å². The number of methoxy groups -OCH3 is 1.